The second kappa shape index (κ2) is 6.69. The first kappa shape index (κ1) is 14.9. The largest absolute Gasteiger partial charge is 0.478 e. The SMILES string of the molecule is CC(CN)CC(=O)Nc1ccc(I)cc1C(=O)O. The first-order chi connectivity index (χ1) is 8.43. The van der Waals surface area contributed by atoms with E-state index in [0.29, 0.717) is 12.2 Å². The van der Waals surface area contributed by atoms with E-state index in [1.165, 1.54) is 6.07 Å². The van der Waals surface area contributed by atoms with Crippen molar-refractivity contribution >= 4 is 40.2 Å². The lowest BCUT2D eigenvalue weighted by atomic mass is 10.1. The highest BCUT2D eigenvalue weighted by atomic mass is 127. The number of anilines is 1. The molecule has 6 heteroatoms. The number of carbonyl (C=O) groups excluding carboxylic acids is 1. The molecule has 0 aliphatic carbocycles. The van der Waals surface area contributed by atoms with E-state index in [1.54, 1.807) is 12.1 Å². The predicted octanol–water partition coefficient (Wildman–Crippen LogP) is 1.91. The van der Waals surface area contributed by atoms with Gasteiger partial charge in [0, 0.05) is 9.99 Å². The molecule has 1 amide bonds. The molecule has 0 aliphatic heterocycles. The third-order valence-corrected chi connectivity index (χ3v) is 3.09. The van der Waals surface area contributed by atoms with Crippen molar-refractivity contribution in [3.05, 3.63) is 27.3 Å². The standard InChI is InChI=1S/C12H15IN2O3/c1-7(6-14)4-11(16)15-10-3-2-8(13)5-9(10)12(17)18/h2-3,5,7H,4,6,14H2,1H3,(H,15,16)(H,17,18). The van der Waals surface area contributed by atoms with Gasteiger partial charge in [-0.2, -0.15) is 0 Å². The highest BCUT2D eigenvalue weighted by Crippen LogP contribution is 2.19. The van der Waals surface area contributed by atoms with Crippen molar-refractivity contribution in [1.29, 1.82) is 0 Å². The first-order valence-corrected chi connectivity index (χ1v) is 6.54. The maximum atomic E-state index is 11.7. The fraction of sp³-hybridized carbons (Fsp3) is 0.333. The summed E-state index contributed by atoms with van der Waals surface area (Å²) in [6.07, 6.45) is 0.279. The summed E-state index contributed by atoms with van der Waals surface area (Å²) in [5, 5.41) is 11.7. The average molecular weight is 362 g/mol. The number of hydrogen-bond donors (Lipinski definition) is 3. The highest BCUT2D eigenvalue weighted by molar-refractivity contribution is 14.1. The van der Waals surface area contributed by atoms with Crippen LogP contribution < -0.4 is 11.1 Å². The summed E-state index contributed by atoms with van der Waals surface area (Å²) in [6, 6.07) is 4.86. The molecule has 0 aromatic heterocycles. The van der Waals surface area contributed by atoms with Crippen LogP contribution in [0.25, 0.3) is 0 Å². The molecule has 0 heterocycles. The molecule has 5 nitrogen and oxygen atoms in total. The second-order valence-electron chi connectivity index (χ2n) is 4.09. The maximum absolute atomic E-state index is 11.7. The molecule has 0 aliphatic rings. The van der Waals surface area contributed by atoms with Crippen molar-refractivity contribution in [3.63, 3.8) is 0 Å². The average Bonchev–Trinajstić information content (AvgIpc) is 2.30. The van der Waals surface area contributed by atoms with Gasteiger partial charge in [0.2, 0.25) is 5.91 Å². The van der Waals surface area contributed by atoms with Gasteiger partial charge in [0.15, 0.2) is 0 Å². The summed E-state index contributed by atoms with van der Waals surface area (Å²) in [5.41, 5.74) is 5.85. The van der Waals surface area contributed by atoms with Crippen LogP contribution in [0.5, 0.6) is 0 Å². The van der Waals surface area contributed by atoms with Crippen molar-refractivity contribution in [2.75, 3.05) is 11.9 Å². The van der Waals surface area contributed by atoms with Crippen LogP contribution in [-0.2, 0) is 4.79 Å². The van der Waals surface area contributed by atoms with Gasteiger partial charge in [0.1, 0.15) is 0 Å². The molecule has 0 saturated heterocycles. The third kappa shape index (κ3) is 4.26. The first-order valence-electron chi connectivity index (χ1n) is 5.46. The van der Waals surface area contributed by atoms with Gasteiger partial charge in [-0.05, 0) is 53.3 Å². The Kier molecular flexibility index (Phi) is 5.54. The Morgan fingerprint density at radius 1 is 1.50 bits per heavy atom. The van der Waals surface area contributed by atoms with Crippen LogP contribution in [0.15, 0.2) is 18.2 Å². The number of nitrogens with one attached hydrogen (secondary N) is 1. The van der Waals surface area contributed by atoms with E-state index in [0.717, 1.165) is 3.57 Å². The predicted molar refractivity (Wildman–Crippen MR) is 77.6 cm³/mol. The van der Waals surface area contributed by atoms with Crippen molar-refractivity contribution in [2.45, 2.75) is 13.3 Å². The lowest BCUT2D eigenvalue weighted by Gasteiger charge is -2.11. The fourth-order valence-corrected chi connectivity index (χ4v) is 1.89. The van der Waals surface area contributed by atoms with Gasteiger partial charge in [-0.3, -0.25) is 4.79 Å². The minimum atomic E-state index is -1.06. The summed E-state index contributed by atoms with van der Waals surface area (Å²) in [6.45, 7) is 2.29. The Balaban J connectivity index is 2.84. The van der Waals surface area contributed by atoms with Gasteiger partial charge >= 0.3 is 5.97 Å². The molecule has 1 aromatic carbocycles. The Labute approximate surface area is 119 Å². The van der Waals surface area contributed by atoms with Gasteiger partial charge in [-0.15, -0.1) is 0 Å². The van der Waals surface area contributed by atoms with Crippen LogP contribution in [0, 0.1) is 9.49 Å². The minimum Gasteiger partial charge on any atom is -0.478 e. The topological polar surface area (TPSA) is 92.4 Å². The molecule has 98 valence electrons. The van der Waals surface area contributed by atoms with E-state index in [-0.39, 0.29) is 23.8 Å². The van der Waals surface area contributed by atoms with Crippen molar-refractivity contribution in [1.82, 2.24) is 0 Å². The molecule has 0 fully saturated rings. The zero-order valence-corrected chi connectivity index (χ0v) is 12.1. The Morgan fingerprint density at radius 2 is 2.17 bits per heavy atom. The molecule has 0 bridgehead atoms. The summed E-state index contributed by atoms with van der Waals surface area (Å²) < 4.78 is 0.804. The summed E-state index contributed by atoms with van der Waals surface area (Å²) in [5.74, 6) is -1.21. The smallest absolute Gasteiger partial charge is 0.337 e. The molecule has 4 N–H and O–H groups in total. The van der Waals surface area contributed by atoms with Crippen molar-refractivity contribution < 1.29 is 14.7 Å². The van der Waals surface area contributed by atoms with Crippen molar-refractivity contribution in [3.8, 4) is 0 Å². The van der Waals surface area contributed by atoms with Gasteiger partial charge in [0.05, 0.1) is 11.3 Å². The van der Waals surface area contributed by atoms with Crippen LogP contribution in [0.2, 0.25) is 0 Å². The molecule has 18 heavy (non-hydrogen) atoms. The lowest BCUT2D eigenvalue weighted by molar-refractivity contribution is -0.116. The van der Waals surface area contributed by atoms with Crippen LogP contribution in [0.4, 0.5) is 5.69 Å². The van der Waals surface area contributed by atoms with Gasteiger partial charge in [0.25, 0.3) is 0 Å². The molecule has 1 rings (SSSR count). The Morgan fingerprint density at radius 3 is 2.72 bits per heavy atom. The molecule has 1 atom stereocenters. The van der Waals surface area contributed by atoms with E-state index in [9.17, 15) is 9.59 Å². The zero-order chi connectivity index (χ0) is 13.7. The number of carbonyl (C=O) groups is 2. The number of nitrogens with two attached hydrogens (primary N) is 1. The number of benzene rings is 1. The monoisotopic (exact) mass is 362 g/mol. The van der Waals surface area contributed by atoms with Gasteiger partial charge < -0.3 is 16.2 Å². The normalized spacial score (nSPS) is 11.9. The zero-order valence-electron chi connectivity index (χ0n) is 9.94. The van der Waals surface area contributed by atoms with E-state index < -0.39 is 5.97 Å². The number of amides is 1. The molecule has 1 unspecified atom stereocenters. The van der Waals surface area contributed by atoms with Crippen LogP contribution in [0.3, 0.4) is 0 Å². The van der Waals surface area contributed by atoms with E-state index in [2.05, 4.69) is 5.32 Å². The quantitative estimate of drug-likeness (QED) is 0.698. The van der Waals surface area contributed by atoms with Gasteiger partial charge in [-0.25, -0.2) is 4.79 Å². The third-order valence-electron chi connectivity index (χ3n) is 2.42. The van der Waals surface area contributed by atoms with Gasteiger partial charge in [-0.1, -0.05) is 6.92 Å². The summed E-state index contributed by atoms with van der Waals surface area (Å²) >= 11 is 2.02. The van der Waals surface area contributed by atoms with Crippen molar-refractivity contribution in [2.24, 2.45) is 11.7 Å². The van der Waals surface area contributed by atoms with E-state index in [1.807, 2.05) is 29.5 Å². The lowest BCUT2D eigenvalue weighted by Crippen LogP contribution is -2.21. The molecule has 0 radical (unpaired) electrons. The minimum absolute atomic E-state index is 0.0714. The number of carboxylic acid groups (broad SMARTS) is 1. The number of aromatic carboxylic acids is 1. The summed E-state index contributed by atoms with van der Waals surface area (Å²) in [4.78, 5) is 22.7. The van der Waals surface area contributed by atoms with Crippen LogP contribution in [-0.4, -0.2) is 23.5 Å². The molecular weight excluding hydrogens is 347 g/mol. The number of carboxylic acids is 1. The summed E-state index contributed by atoms with van der Waals surface area (Å²) in [7, 11) is 0. The van der Waals surface area contributed by atoms with Crippen LogP contribution in [0.1, 0.15) is 23.7 Å². The molecule has 1 aromatic rings. The molecular formula is C12H15IN2O3. The van der Waals surface area contributed by atoms with E-state index in [4.69, 9.17) is 10.8 Å². The number of halogens is 1. The maximum Gasteiger partial charge on any atom is 0.337 e. The second-order valence-corrected chi connectivity index (χ2v) is 5.33. The molecule has 0 saturated carbocycles. The Bertz CT molecular complexity index is 463. The molecule has 0 spiro atoms. The Hall–Kier alpha value is -1.15. The fourth-order valence-electron chi connectivity index (χ4n) is 1.40. The number of hydrogen-bond acceptors (Lipinski definition) is 3. The highest BCUT2D eigenvalue weighted by Gasteiger charge is 2.14. The van der Waals surface area contributed by atoms with E-state index >= 15 is 0 Å². The van der Waals surface area contributed by atoms with Crippen LogP contribution >= 0.6 is 22.6 Å². The number of rotatable bonds is 5.